The predicted octanol–water partition coefficient (Wildman–Crippen LogP) is 4.56. The zero-order valence-electron chi connectivity index (χ0n) is 17.9. The Morgan fingerprint density at radius 1 is 1.07 bits per heavy atom. The zero-order valence-corrected chi connectivity index (χ0v) is 19.5. The number of anilines is 1. The highest BCUT2D eigenvalue weighted by molar-refractivity contribution is 7.92. The van der Waals surface area contributed by atoms with Crippen LogP contribution in [-0.2, 0) is 27.7 Å². The molecule has 5 nitrogen and oxygen atoms in total. The summed E-state index contributed by atoms with van der Waals surface area (Å²) >= 11 is 6.10. The van der Waals surface area contributed by atoms with Crippen LogP contribution >= 0.6 is 11.6 Å². The SMILES string of the molecule is Cc1ccc(Cl)cc1N([C@@H](C)C(=O)N[C@@H](C)c1ccc2c(c1)CCCC2)S(C)(=O)=O. The van der Waals surface area contributed by atoms with Gasteiger partial charge >= 0.3 is 0 Å². The standard InChI is InChI=1S/C23H29ClN2O3S/c1-15-9-12-21(24)14-22(15)26(30(4,28)29)17(3)23(27)25-16(2)19-11-10-18-7-5-6-8-20(18)13-19/h9-14,16-17H,5-8H2,1-4H3,(H,25,27)/t16-,17-/m0/s1. The average Bonchev–Trinajstić information content (AvgIpc) is 2.69. The highest BCUT2D eigenvalue weighted by Gasteiger charge is 2.31. The highest BCUT2D eigenvalue weighted by Crippen LogP contribution is 2.29. The number of nitrogens with zero attached hydrogens (tertiary/aromatic N) is 1. The number of sulfonamides is 1. The number of carbonyl (C=O) groups is 1. The van der Waals surface area contributed by atoms with Crippen LogP contribution in [-0.4, -0.2) is 26.6 Å². The van der Waals surface area contributed by atoms with E-state index in [1.807, 2.05) is 6.92 Å². The second-order valence-electron chi connectivity index (χ2n) is 8.13. The van der Waals surface area contributed by atoms with Gasteiger partial charge in [-0.05, 0) is 80.8 Å². The minimum atomic E-state index is -3.70. The number of hydrogen-bond acceptors (Lipinski definition) is 3. The average molecular weight is 449 g/mol. The summed E-state index contributed by atoms with van der Waals surface area (Å²) in [5.41, 5.74) is 4.90. The van der Waals surface area contributed by atoms with Gasteiger partial charge in [-0.15, -0.1) is 0 Å². The summed E-state index contributed by atoms with van der Waals surface area (Å²) in [6, 6.07) is 10.2. The van der Waals surface area contributed by atoms with Crippen molar-refractivity contribution in [2.45, 2.75) is 58.5 Å². The number of hydrogen-bond donors (Lipinski definition) is 1. The summed E-state index contributed by atoms with van der Waals surface area (Å²) in [5.74, 6) is -0.356. The Labute approximate surface area is 184 Å². The fourth-order valence-corrected chi connectivity index (χ4v) is 5.43. The predicted molar refractivity (Wildman–Crippen MR) is 123 cm³/mol. The lowest BCUT2D eigenvalue weighted by molar-refractivity contribution is -0.122. The lowest BCUT2D eigenvalue weighted by atomic mass is 9.89. The molecule has 2 aromatic rings. The minimum Gasteiger partial charge on any atom is -0.348 e. The van der Waals surface area contributed by atoms with Gasteiger partial charge in [-0.2, -0.15) is 0 Å². The third kappa shape index (κ3) is 4.98. The fourth-order valence-electron chi connectivity index (χ4n) is 4.04. The molecule has 0 spiro atoms. The number of aryl methyl sites for hydroxylation is 3. The number of amides is 1. The molecule has 0 heterocycles. The van der Waals surface area contributed by atoms with Crippen molar-refractivity contribution in [2.75, 3.05) is 10.6 Å². The van der Waals surface area contributed by atoms with E-state index in [0.717, 1.165) is 34.5 Å². The molecule has 0 aromatic heterocycles. The maximum absolute atomic E-state index is 13.0. The number of carbonyl (C=O) groups excluding carboxylic acids is 1. The summed E-state index contributed by atoms with van der Waals surface area (Å²) in [6.45, 7) is 5.31. The Balaban J connectivity index is 1.83. The molecule has 0 saturated carbocycles. The molecule has 0 bridgehead atoms. The minimum absolute atomic E-state index is 0.228. The number of nitrogens with one attached hydrogen (secondary N) is 1. The lowest BCUT2D eigenvalue weighted by Gasteiger charge is -2.30. The first-order chi connectivity index (χ1) is 14.1. The normalized spacial score (nSPS) is 15.8. The molecule has 0 saturated heterocycles. The van der Waals surface area contributed by atoms with Gasteiger partial charge in [0.1, 0.15) is 6.04 Å². The maximum Gasteiger partial charge on any atom is 0.244 e. The van der Waals surface area contributed by atoms with Gasteiger partial charge in [0.15, 0.2) is 0 Å². The first-order valence-electron chi connectivity index (χ1n) is 10.3. The summed E-state index contributed by atoms with van der Waals surface area (Å²) in [7, 11) is -3.70. The number of halogens is 1. The van der Waals surface area contributed by atoms with E-state index in [9.17, 15) is 13.2 Å². The number of fused-ring (bicyclic) bond motifs is 1. The molecule has 1 N–H and O–H groups in total. The summed E-state index contributed by atoms with van der Waals surface area (Å²) in [4.78, 5) is 13.0. The molecule has 0 radical (unpaired) electrons. The first-order valence-corrected chi connectivity index (χ1v) is 12.5. The second kappa shape index (κ2) is 8.98. The Hall–Kier alpha value is -2.05. The van der Waals surface area contributed by atoms with Gasteiger partial charge in [-0.25, -0.2) is 8.42 Å². The van der Waals surface area contributed by atoms with Crippen molar-refractivity contribution in [1.29, 1.82) is 0 Å². The van der Waals surface area contributed by atoms with Gasteiger partial charge in [-0.3, -0.25) is 9.10 Å². The number of rotatable bonds is 6. The molecule has 3 rings (SSSR count). The van der Waals surface area contributed by atoms with Crippen LogP contribution in [0.4, 0.5) is 5.69 Å². The topological polar surface area (TPSA) is 66.5 Å². The summed E-state index contributed by atoms with van der Waals surface area (Å²) in [6.07, 6.45) is 5.69. The molecule has 7 heteroatoms. The van der Waals surface area contributed by atoms with Gasteiger partial charge in [0.05, 0.1) is 18.0 Å². The van der Waals surface area contributed by atoms with Crippen molar-refractivity contribution < 1.29 is 13.2 Å². The van der Waals surface area contributed by atoms with E-state index in [1.54, 1.807) is 32.0 Å². The molecule has 0 unspecified atom stereocenters. The smallest absolute Gasteiger partial charge is 0.244 e. The number of benzene rings is 2. The van der Waals surface area contributed by atoms with E-state index in [4.69, 9.17) is 11.6 Å². The second-order valence-corrected chi connectivity index (χ2v) is 10.4. The quantitative estimate of drug-likeness (QED) is 0.704. The van der Waals surface area contributed by atoms with E-state index >= 15 is 0 Å². The molecule has 1 amide bonds. The fraction of sp³-hybridized carbons (Fsp3) is 0.435. The molecule has 0 aliphatic heterocycles. The Morgan fingerprint density at radius 3 is 2.40 bits per heavy atom. The van der Waals surface area contributed by atoms with Crippen molar-refractivity contribution in [2.24, 2.45) is 0 Å². The zero-order chi connectivity index (χ0) is 22.1. The monoisotopic (exact) mass is 448 g/mol. The van der Waals surface area contributed by atoms with Gasteiger partial charge < -0.3 is 5.32 Å². The molecule has 1 aliphatic rings. The van der Waals surface area contributed by atoms with E-state index in [-0.39, 0.29) is 11.9 Å². The van der Waals surface area contributed by atoms with Gasteiger partial charge in [0, 0.05) is 5.02 Å². The van der Waals surface area contributed by atoms with Crippen LogP contribution in [0.1, 0.15) is 55.0 Å². The van der Waals surface area contributed by atoms with Gasteiger partial charge in [-0.1, -0.05) is 35.9 Å². The van der Waals surface area contributed by atoms with Crippen molar-refractivity contribution in [3.05, 3.63) is 63.7 Å². The van der Waals surface area contributed by atoms with Gasteiger partial charge in [0.25, 0.3) is 0 Å². The van der Waals surface area contributed by atoms with E-state index < -0.39 is 16.1 Å². The molecule has 162 valence electrons. The van der Waals surface area contributed by atoms with Crippen molar-refractivity contribution in [3.63, 3.8) is 0 Å². The van der Waals surface area contributed by atoms with Gasteiger partial charge in [0.2, 0.25) is 15.9 Å². The van der Waals surface area contributed by atoms with Crippen LogP contribution in [0, 0.1) is 6.92 Å². The third-order valence-corrected chi connectivity index (χ3v) is 7.19. The Kier molecular flexibility index (Phi) is 6.78. The first kappa shape index (κ1) is 22.6. The molecule has 0 fully saturated rings. The van der Waals surface area contributed by atoms with Crippen LogP contribution in [0.5, 0.6) is 0 Å². The lowest BCUT2D eigenvalue weighted by Crippen LogP contribution is -2.48. The van der Waals surface area contributed by atoms with E-state index in [0.29, 0.717) is 10.7 Å². The largest absolute Gasteiger partial charge is 0.348 e. The van der Waals surface area contributed by atoms with Crippen LogP contribution in [0.25, 0.3) is 0 Å². The van der Waals surface area contributed by atoms with Crippen LogP contribution in [0.3, 0.4) is 0 Å². The molecule has 2 aromatic carbocycles. The van der Waals surface area contributed by atoms with E-state index in [2.05, 4.69) is 23.5 Å². The Morgan fingerprint density at radius 2 is 1.73 bits per heavy atom. The summed E-state index contributed by atoms with van der Waals surface area (Å²) in [5, 5.41) is 3.40. The maximum atomic E-state index is 13.0. The summed E-state index contributed by atoms with van der Waals surface area (Å²) < 4.78 is 26.3. The third-order valence-electron chi connectivity index (χ3n) is 5.73. The van der Waals surface area contributed by atoms with Crippen molar-refractivity contribution in [1.82, 2.24) is 5.32 Å². The van der Waals surface area contributed by atoms with E-state index in [1.165, 1.54) is 24.0 Å². The molecule has 2 atom stereocenters. The molecular weight excluding hydrogens is 420 g/mol. The van der Waals surface area contributed by atoms with Crippen LogP contribution in [0.2, 0.25) is 5.02 Å². The van der Waals surface area contributed by atoms with Crippen LogP contribution < -0.4 is 9.62 Å². The Bertz CT molecular complexity index is 1050. The molecule has 1 aliphatic carbocycles. The van der Waals surface area contributed by atoms with Crippen molar-refractivity contribution in [3.8, 4) is 0 Å². The van der Waals surface area contributed by atoms with Crippen molar-refractivity contribution >= 4 is 33.2 Å². The van der Waals surface area contributed by atoms with Crippen LogP contribution in [0.15, 0.2) is 36.4 Å². The molecule has 30 heavy (non-hydrogen) atoms. The highest BCUT2D eigenvalue weighted by atomic mass is 35.5. The molecular formula is C23H29ClN2O3S.